The van der Waals surface area contributed by atoms with E-state index >= 15 is 0 Å². The third-order valence-corrected chi connectivity index (χ3v) is 3.28. The Balaban J connectivity index is 2.90. The standard InChI is InChI=1S/C12H17N3O3S/c1-10(2)13-14-12(16)9-15(19(3,17)18)11-7-5-4-6-8-11/h4-8H,9H2,1-3H3,(H,14,16). The van der Waals surface area contributed by atoms with E-state index < -0.39 is 15.9 Å². The fourth-order valence-corrected chi connectivity index (χ4v) is 2.19. The fourth-order valence-electron chi connectivity index (χ4n) is 1.33. The predicted molar refractivity (Wildman–Crippen MR) is 75.6 cm³/mol. The van der Waals surface area contributed by atoms with Gasteiger partial charge in [0.2, 0.25) is 10.0 Å². The zero-order chi connectivity index (χ0) is 14.5. The molecule has 19 heavy (non-hydrogen) atoms. The number of benzene rings is 1. The number of nitrogens with zero attached hydrogens (tertiary/aromatic N) is 2. The Morgan fingerprint density at radius 1 is 1.26 bits per heavy atom. The number of carbonyl (C=O) groups excluding carboxylic acids is 1. The van der Waals surface area contributed by atoms with Crippen molar-refractivity contribution in [3.8, 4) is 0 Å². The van der Waals surface area contributed by atoms with Gasteiger partial charge in [0.25, 0.3) is 5.91 Å². The van der Waals surface area contributed by atoms with Gasteiger partial charge in [0.15, 0.2) is 0 Å². The molecule has 0 spiro atoms. The Morgan fingerprint density at radius 2 is 1.84 bits per heavy atom. The molecule has 1 aromatic carbocycles. The van der Waals surface area contributed by atoms with Gasteiger partial charge in [0, 0.05) is 5.71 Å². The molecule has 0 atom stereocenters. The van der Waals surface area contributed by atoms with Crippen LogP contribution in [0.3, 0.4) is 0 Å². The molecule has 0 aliphatic heterocycles. The summed E-state index contributed by atoms with van der Waals surface area (Å²) in [6.07, 6.45) is 1.06. The maximum atomic E-state index is 11.7. The number of amides is 1. The molecule has 7 heteroatoms. The minimum Gasteiger partial charge on any atom is -0.271 e. The molecule has 0 aliphatic carbocycles. The number of anilines is 1. The number of para-hydroxylation sites is 1. The highest BCUT2D eigenvalue weighted by Crippen LogP contribution is 2.15. The van der Waals surface area contributed by atoms with Gasteiger partial charge >= 0.3 is 0 Å². The monoisotopic (exact) mass is 283 g/mol. The van der Waals surface area contributed by atoms with Crippen molar-refractivity contribution in [3.63, 3.8) is 0 Å². The van der Waals surface area contributed by atoms with Crippen LogP contribution in [0.5, 0.6) is 0 Å². The van der Waals surface area contributed by atoms with Gasteiger partial charge in [-0.1, -0.05) is 18.2 Å². The highest BCUT2D eigenvalue weighted by Gasteiger charge is 2.20. The molecule has 104 valence electrons. The van der Waals surface area contributed by atoms with Crippen molar-refractivity contribution in [3.05, 3.63) is 30.3 Å². The lowest BCUT2D eigenvalue weighted by atomic mass is 10.3. The van der Waals surface area contributed by atoms with E-state index in [1.54, 1.807) is 44.2 Å². The van der Waals surface area contributed by atoms with E-state index in [2.05, 4.69) is 10.5 Å². The number of sulfonamides is 1. The molecule has 0 saturated carbocycles. The van der Waals surface area contributed by atoms with Gasteiger partial charge < -0.3 is 0 Å². The topological polar surface area (TPSA) is 78.8 Å². The van der Waals surface area contributed by atoms with Gasteiger partial charge in [-0.3, -0.25) is 9.10 Å². The minimum atomic E-state index is -3.53. The van der Waals surface area contributed by atoms with Crippen LogP contribution in [-0.4, -0.2) is 32.8 Å². The Hall–Kier alpha value is -1.89. The van der Waals surface area contributed by atoms with Crippen LogP contribution in [0.15, 0.2) is 35.4 Å². The Labute approximate surface area is 113 Å². The average molecular weight is 283 g/mol. The van der Waals surface area contributed by atoms with Gasteiger partial charge in [-0.05, 0) is 26.0 Å². The van der Waals surface area contributed by atoms with E-state index in [9.17, 15) is 13.2 Å². The molecule has 0 saturated heterocycles. The second-order valence-electron chi connectivity index (χ2n) is 4.20. The molecule has 0 bridgehead atoms. The minimum absolute atomic E-state index is 0.306. The maximum absolute atomic E-state index is 11.7. The zero-order valence-corrected chi connectivity index (χ0v) is 11.9. The van der Waals surface area contributed by atoms with E-state index in [-0.39, 0.29) is 6.54 Å². The molecule has 6 nitrogen and oxygen atoms in total. The Morgan fingerprint density at radius 3 is 2.32 bits per heavy atom. The quantitative estimate of drug-likeness (QED) is 0.646. The largest absolute Gasteiger partial charge is 0.271 e. The molecule has 1 aromatic rings. The van der Waals surface area contributed by atoms with Crippen molar-refractivity contribution in [1.29, 1.82) is 0 Å². The van der Waals surface area contributed by atoms with E-state index in [1.807, 2.05) is 0 Å². The van der Waals surface area contributed by atoms with Crippen LogP contribution >= 0.6 is 0 Å². The molecule has 0 radical (unpaired) electrons. The van der Waals surface area contributed by atoms with Crippen molar-refractivity contribution < 1.29 is 13.2 Å². The van der Waals surface area contributed by atoms with Crippen molar-refractivity contribution in [2.45, 2.75) is 13.8 Å². The second kappa shape index (κ2) is 6.33. The zero-order valence-electron chi connectivity index (χ0n) is 11.1. The summed E-state index contributed by atoms with van der Waals surface area (Å²) in [5, 5.41) is 3.75. The predicted octanol–water partition coefficient (Wildman–Crippen LogP) is 0.965. The molecule has 0 unspecified atom stereocenters. The summed E-state index contributed by atoms with van der Waals surface area (Å²) in [4.78, 5) is 11.7. The SMILES string of the molecule is CC(C)=NNC(=O)CN(c1ccccc1)S(C)(=O)=O. The van der Waals surface area contributed by atoms with Crippen LogP contribution < -0.4 is 9.73 Å². The second-order valence-corrected chi connectivity index (χ2v) is 6.11. The summed E-state index contributed by atoms with van der Waals surface area (Å²) in [6.45, 7) is 3.15. The number of hydrazone groups is 1. The first-order chi connectivity index (χ1) is 8.80. The normalized spacial score (nSPS) is 10.7. The average Bonchev–Trinajstić information content (AvgIpc) is 2.33. The molecule has 0 aliphatic rings. The molecular weight excluding hydrogens is 266 g/mol. The van der Waals surface area contributed by atoms with Crippen molar-refractivity contribution in [2.24, 2.45) is 5.10 Å². The Kier molecular flexibility index (Phi) is 5.05. The van der Waals surface area contributed by atoms with Crippen molar-refractivity contribution in [1.82, 2.24) is 5.43 Å². The van der Waals surface area contributed by atoms with Gasteiger partial charge in [-0.25, -0.2) is 13.8 Å². The molecule has 1 rings (SSSR count). The highest BCUT2D eigenvalue weighted by atomic mass is 32.2. The van der Waals surface area contributed by atoms with E-state index in [0.29, 0.717) is 11.4 Å². The van der Waals surface area contributed by atoms with Crippen LogP contribution in [-0.2, 0) is 14.8 Å². The molecule has 0 heterocycles. The molecule has 0 aromatic heterocycles. The van der Waals surface area contributed by atoms with E-state index in [4.69, 9.17) is 0 Å². The lowest BCUT2D eigenvalue weighted by molar-refractivity contribution is -0.119. The first kappa shape index (κ1) is 15.2. The third kappa shape index (κ3) is 5.09. The van der Waals surface area contributed by atoms with Crippen LogP contribution in [0.25, 0.3) is 0 Å². The fraction of sp³-hybridized carbons (Fsp3) is 0.333. The number of rotatable bonds is 5. The summed E-state index contributed by atoms with van der Waals surface area (Å²) in [5.74, 6) is -0.490. The number of carbonyl (C=O) groups is 1. The van der Waals surface area contributed by atoms with Crippen LogP contribution in [0.4, 0.5) is 5.69 Å². The third-order valence-electron chi connectivity index (χ3n) is 2.14. The molecular formula is C12H17N3O3S. The smallest absolute Gasteiger partial charge is 0.260 e. The van der Waals surface area contributed by atoms with Gasteiger partial charge in [0.05, 0.1) is 11.9 Å². The van der Waals surface area contributed by atoms with E-state index in [1.165, 1.54) is 0 Å². The number of hydrogen-bond acceptors (Lipinski definition) is 4. The van der Waals surface area contributed by atoms with Crippen molar-refractivity contribution >= 4 is 27.3 Å². The van der Waals surface area contributed by atoms with Crippen LogP contribution in [0, 0.1) is 0 Å². The molecule has 1 N–H and O–H groups in total. The summed E-state index contributed by atoms with van der Waals surface area (Å²) in [7, 11) is -3.53. The van der Waals surface area contributed by atoms with Gasteiger partial charge in [-0.2, -0.15) is 5.10 Å². The molecule has 0 fully saturated rings. The number of hydrogen-bond donors (Lipinski definition) is 1. The Bertz CT molecular complexity index is 563. The summed E-state index contributed by atoms with van der Waals surface area (Å²) in [5.41, 5.74) is 3.42. The highest BCUT2D eigenvalue weighted by molar-refractivity contribution is 7.92. The molecule has 1 amide bonds. The first-order valence-corrected chi connectivity index (χ1v) is 7.48. The maximum Gasteiger partial charge on any atom is 0.260 e. The lowest BCUT2D eigenvalue weighted by Gasteiger charge is -2.21. The first-order valence-electron chi connectivity index (χ1n) is 5.63. The van der Waals surface area contributed by atoms with Crippen LogP contribution in [0.1, 0.15) is 13.8 Å². The summed E-state index contributed by atoms with van der Waals surface area (Å²) in [6, 6.07) is 8.44. The van der Waals surface area contributed by atoms with Gasteiger partial charge in [-0.15, -0.1) is 0 Å². The van der Waals surface area contributed by atoms with Crippen LogP contribution in [0.2, 0.25) is 0 Å². The lowest BCUT2D eigenvalue weighted by Crippen LogP contribution is -2.39. The van der Waals surface area contributed by atoms with Crippen molar-refractivity contribution in [2.75, 3.05) is 17.1 Å². The summed E-state index contributed by atoms with van der Waals surface area (Å²) < 4.78 is 24.5. The number of nitrogens with one attached hydrogen (secondary N) is 1. The van der Waals surface area contributed by atoms with Gasteiger partial charge in [0.1, 0.15) is 6.54 Å². The summed E-state index contributed by atoms with van der Waals surface area (Å²) >= 11 is 0. The van der Waals surface area contributed by atoms with E-state index in [0.717, 1.165) is 10.6 Å².